The molecule has 0 unspecified atom stereocenters. The van der Waals surface area contributed by atoms with Crippen molar-refractivity contribution in [2.45, 2.75) is 96.4 Å². The van der Waals surface area contributed by atoms with Gasteiger partial charge in [0.15, 0.2) is 0 Å². The van der Waals surface area contributed by atoms with E-state index >= 15 is 0 Å². The largest absolute Gasteiger partial charge is 0.447 e. The third-order valence-electron chi connectivity index (χ3n) is 4.29. The van der Waals surface area contributed by atoms with Gasteiger partial charge in [-0.2, -0.15) is 0 Å². The molecule has 1 amide bonds. The molecule has 3 nitrogen and oxygen atoms in total. The van der Waals surface area contributed by atoms with E-state index in [2.05, 4.69) is 24.4 Å². The molecule has 0 bridgehead atoms. The third kappa shape index (κ3) is 10.7. The van der Waals surface area contributed by atoms with Crippen LogP contribution in [0.5, 0.6) is 0 Å². The Kier molecular flexibility index (Phi) is 11.8. The Morgan fingerprint density at radius 2 is 1.50 bits per heavy atom. The summed E-state index contributed by atoms with van der Waals surface area (Å²) in [4.78, 5) is 10.8. The molecule has 1 heterocycles. The number of nitrogens with one attached hydrogen (secondary N) is 1. The quantitative estimate of drug-likeness (QED) is 0.328. The molecular weight excluding hydrogens is 274 g/mol. The number of carbonyl (C=O) groups excluding carboxylic acids is 1. The summed E-state index contributed by atoms with van der Waals surface area (Å²) in [7, 11) is 0. The maximum atomic E-state index is 10.8. The number of amides is 1. The van der Waals surface area contributed by atoms with Gasteiger partial charge in [0.05, 0.1) is 6.04 Å². The maximum absolute atomic E-state index is 10.8. The van der Waals surface area contributed by atoms with Crippen LogP contribution in [0.3, 0.4) is 0 Å². The van der Waals surface area contributed by atoms with E-state index < -0.39 is 0 Å². The van der Waals surface area contributed by atoms with Gasteiger partial charge in [0.2, 0.25) is 0 Å². The average Bonchev–Trinajstić information content (AvgIpc) is 2.93. The molecule has 0 aromatic rings. The smallest absolute Gasteiger partial charge is 0.407 e. The molecule has 0 aliphatic carbocycles. The van der Waals surface area contributed by atoms with Crippen LogP contribution in [0.15, 0.2) is 12.2 Å². The highest BCUT2D eigenvalue weighted by molar-refractivity contribution is 5.70. The number of hydrogen-bond acceptors (Lipinski definition) is 2. The minimum Gasteiger partial charge on any atom is -0.447 e. The molecule has 0 radical (unpaired) electrons. The fourth-order valence-corrected chi connectivity index (χ4v) is 2.87. The molecule has 1 rings (SSSR count). The molecule has 0 aromatic heterocycles. The van der Waals surface area contributed by atoms with Crippen molar-refractivity contribution in [2.24, 2.45) is 0 Å². The van der Waals surface area contributed by atoms with Gasteiger partial charge in [-0.25, -0.2) is 4.79 Å². The predicted molar refractivity (Wildman–Crippen MR) is 93.1 cm³/mol. The fraction of sp³-hybridized carbons (Fsp3) is 0.842. The number of hydrogen-bond donors (Lipinski definition) is 1. The summed E-state index contributed by atoms with van der Waals surface area (Å²) in [6.07, 6.45) is 21.7. The summed E-state index contributed by atoms with van der Waals surface area (Å²) in [6, 6.07) is 0.0878. The second-order valence-corrected chi connectivity index (χ2v) is 6.46. The minimum atomic E-state index is -0.292. The highest BCUT2D eigenvalue weighted by atomic mass is 16.6. The minimum absolute atomic E-state index is 0.0878. The Morgan fingerprint density at radius 3 is 2.00 bits per heavy atom. The van der Waals surface area contributed by atoms with Crippen LogP contribution in [0.25, 0.3) is 0 Å². The highest BCUT2D eigenvalue weighted by Crippen LogP contribution is 2.12. The van der Waals surface area contributed by atoms with E-state index in [-0.39, 0.29) is 12.1 Å². The van der Waals surface area contributed by atoms with Gasteiger partial charge in [0.1, 0.15) is 6.61 Å². The van der Waals surface area contributed by atoms with E-state index in [0.717, 1.165) is 6.42 Å². The Bertz CT molecular complexity index is 302. The zero-order valence-corrected chi connectivity index (χ0v) is 14.4. The van der Waals surface area contributed by atoms with Crippen molar-refractivity contribution in [3.8, 4) is 0 Å². The fourth-order valence-electron chi connectivity index (χ4n) is 2.87. The van der Waals surface area contributed by atoms with Crippen molar-refractivity contribution in [1.29, 1.82) is 0 Å². The Morgan fingerprint density at radius 1 is 0.955 bits per heavy atom. The van der Waals surface area contributed by atoms with Crippen LogP contribution in [0.1, 0.15) is 90.4 Å². The first kappa shape index (κ1) is 19.1. The van der Waals surface area contributed by atoms with Gasteiger partial charge in [-0.15, -0.1) is 0 Å². The van der Waals surface area contributed by atoms with Crippen molar-refractivity contribution in [2.75, 3.05) is 6.61 Å². The lowest BCUT2D eigenvalue weighted by atomic mass is 10.0. The number of alkyl carbamates (subject to hydrolysis) is 1. The van der Waals surface area contributed by atoms with Gasteiger partial charge in [0.25, 0.3) is 0 Å². The monoisotopic (exact) mass is 309 g/mol. The number of ether oxygens (including phenoxy) is 1. The molecule has 1 saturated heterocycles. The van der Waals surface area contributed by atoms with Gasteiger partial charge < -0.3 is 10.1 Å². The molecule has 0 aromatic carbocycles. The number of allylic oxidation sites excluding steroid dienone is 1. The summed E-state index contributed by atoms with van der Waals surface area (Å²) in [5.74, 6) is 0. The van der Waals surface area contributed by atoms with Crippen molar-refractivity contribution in [3.05, 3.63) is 12.2 Å². The van der Waals surface area contributed by atoms with Crippen LogP contribution < -0.4 is 5.32 Å². The summed E-state index contributed by atoms with van der Waals surface area (Å²) < 4.78 is 4.83. The summed E-state index contributed by atoms with van der Waals surface area (Å²) >= 11 is 0. The maximum Gasteiger partial charge on any atom is 0.407 e. The molecule has 1 aliphatic rings. The molecule has 3 heteroatoms. The molecular formula is C19H35NO2. The van der Waals surface area contributed by atoms with Crippen LogP contribution in [-0.4, -0.2) is 18.7 Å². The number of cyclic esters (lactones) is 1. The van der Waals surface area contributed by atoms with Crippen molar-refractivity contribution in [3.63, 3.8) is 0 Å². The van der Waals surface area contributed by atoms with Gasteiger partial charge in [-0.1, -0.05) is 89.7 Å². The van der Waals surface area contributed by atoms with Gasteiger partial charge >= 0.3 is 6.09 Å². The third-order valence-corrected chi connectivity index (χ3v) is 4.29. The Hall–Kier alpha value is -0.990. The Balaban J connectivity index is 1.74. The first-order valence-corrected chi connectivity index (χ1v) is 9.43. The predicted octanol–water partition coefficient (Wildman–Crippen LogP) is 5.74. The molecule has 1 N–H and O–H groups in total. The van der Waals surface area contributed by atoms with Gasteiger partial charge in [0, 0.05) is 0 Å². The van der Waals surface area contributed by atoms with Crippen LogP contribution in [0.4, 0.5) is 4.79 Å². The lowest BCUT2D eigenvalue weighted by Gasteiger charge is -2.02. The first-order chi connectivity index (χ1) is 10.8. The lowest BCUT2D eigenvalue weighted by molar-refractivity contribution is 0.177. The van der Waals surface area contributed by atoms with Gasteiger partial charge in [-0.05, 0) is 12.8 Å². The zero-order valence-electron chi connectivity index (χ0n) is 14.4. The van der Waals surface area contributed by atoms with Crippen LogP contribution in [-0.2, 0) is 4.74 Å². The molecule has 1 atom stereocenters. The molecule has 22 heavy (non-hydrogen) atoms. The molecule has 128 valence electrons. The van der Waals surface area contributed by atoms with Gasteiger partial charge in [-0.3, -0.25) is 0 Å². The van der Waals surface area contributed by atoms with E-state index in [9.17, 15) is 4.79 Å². The summed E-state index contributed by atoms with van der Waals surface area (Å²) in [5.41, 5.74) is 0. The van der Waals surface area contributed by atoms with Crippen LogP contribution >= 0.6 is 0 Å². The standard InChI is InChI=1S/C19H35NO2/c1-2-3-4-5-6-7-8-9-10-11-12-13-14-15-16-18-17-22-19(21)20-18/h15-16,18H,2-14,17H2,1H3,(H,20,21)/b16-15+/t18-/m1/s1. The number of rotatable bonds is 14. The molecule has 0 saturated carbocycles. The zero-order chi connectivity index (χ0) is 15.9. The van der Waals surface area contributed by atoms with E-state index in [1.807, 2.05) is 0 Å². The van der Waals surface area contributed by atoms with E-state index in [0.29, 0.717) is 6.61 Å². The second kappa shape index (κ2) is 13.7. The normalized spacial score (nSPS) is 17.9. The van der Waals surface area contributed by atoms with Crippen molar-refractivity contribution >= 4 is 6.09 Å². The lowest BCUT2D eigenvalue weighted by Crippen LogP contribution is -2.23. The number of unbranched alkanes of at least 4 members (excludes halogenated alkanes) is 12. The van der Waals surface area contributed by atoms with Crippen molar-refractivity contribution < 1.29 is 9.53 Å². The Labute approximate surface area is 136 Å². The summed E-state index contributed by atoms with van der Waals surface area (Å²) in [5, 5.41) is 2.75. The topological polar surface area (TPSA) is 38.3 Å². The SMILES string of the molecule is CCCCCCCCCCCCCC/C=C/[C@@H]1COC(=O)N1. The summed E-state index contributed by atoms with van der Waals surface area (Å²) in [6.45, 7) is 2.75. The van der Waals surface area contributed by atoms with E-state index in [1.54, 1.807) is 0 Å². The molecule has 1 aliphatic heterocycles. The molecule has 0 spiro atoms. The number of carbonyl (C=O) groups is 1. The second-order valence-electron chi connectivity index (χ2n) is 6.46. The van der Waals surface area contributed by atoms with Crippen LogP contribution in [0.2, 0.25) is 0 Å². The van der Waals surface area contributed by atoms with E-state index in [4.69, 9.17) is 4.74 Å². The van der Waals surface area contributed by atoms with E-state index in [1.165, 1.54) is 77.0 Å². The molecule has 1 fully saturated rings. The average molecular weight is 309 g/mol. The van der Waals surface area contributed by atoms with Crippen molar-refractivity contribution in [1.82, 2.24) is 5.32 Å². The first-order valence-electron chi connectivity index (χ1n) is 9.43. The highest BCUT2D eigenvalue weighted by Gasteiger charge is 2.18. The van der Waals surface area contributed by atoms with Crippen LogP contribution in [0, 0.1) is 0 Å².